The summed E-state index contributed by atoms with van der Waals surface area (Å²) in [5, 5.41) is 13.3. The number of ether oxygens (including phenoxy) is 2. The number of nitrogens with zero attached hydrogens (tertiary/aromatic N) is 1. The Morgan fingerprint density at radius 1 is 1.14 bits per heavy atom. The molecule has 152 valence electrons. The summed E-state index contributed by atoms with van der Waals surface area (Å²) in [6, 6.07) is 13.5. The van der Waals surface area contributed by atoms with Gasteiger partial charge in [-0.15, -0.1) is 11.3 Å². The highest BCUT2D eigenvalue weighted by Crippen LogP contribution is 2.42. The zero-order valence-corrected chi connectivity index (χ0v) is 17.4. The van der Waals surface area contributed by atoms with Gasteiger partial charge in [0.1, 0.15) is 6.04 Å². The van der Waals surface area contributed by atoms with Gasteiger partial charge in [-0.2, -0.15) is 0 Å². The van der Waals surface area contributed by atoms with Gasteiger partial charge < -0.3 is 14.6 Å². The second-order valence-corrected chi connectivity index (χ2v) is 8.20. The molecule has 0 spiro atoms. The molecule has 1 aliphatic rings. The van der Waals surface area contributed by atoms with E-state index in [4.69, 9.17) is 9.47 Å². The first-order valence-corrected chi connectivity index (χ1v) is 10.7. The first-order chi connectivity index (χ1) is 14.1. The van der Waals surface area contributed by atoms with E-state index in [2.05, 4.69) is 22.4 Å². The van der Waals surface area contributed by atoms with Gasteiger partial charge in [-0.1, -0.05) is 30.7 Å². The molecule has 2 atom stereocenters. The number of hydrogen-bond acceptors (Lipinski definition) is 5. The van der Waals surface area contributed by atoms with Crippen LogP contribution in [0.4, 0.5) is 0 Å². The van der Waals surface area contributed by atoms with Gasteiger partial charge in [0.15, 0.2) is 11.5 Å². The minimum Gasteiger partial charge on any atom is -0.493 e. The Labute approximate surface area is 174 Å². The molecule has 0 radical (unpaired) electrons. The van der Waals surface area contributed by atoms with Gasteiger partial charge in [-0.05, 0) is 59.5 Å². The van der Waals surface area contributed by atoms with Gasteiger partial charge in [0, 0.05) is 4.70 Å². The Balaban J connectivity index is 1.89. The Morgan fingerprint density at radius 2 is 1.93 bits per heavy atom. The lowest BCUT2D eigenvalue weighted by atomic mass is 9.91. The van der Waals surface area contributed by atoms with Gasteiger partial charge in [-0.3, -0.25) is 9.69 Å². The van der Waals surface area contributed by atoms with Crippen molar-refractivity contribution < 1.29 is 19.4 Å². The van der Waals surface area contributed by atoms with E-state index in [1.807, 2.05) is 30.3 Å². The van der Waals surface area contributed by atoms with Gasteiger partial charge in [-0.25, -0.2) is 0 Å². The molecule has 4 rings (SSSR count). The van der Waals surface area contributed by atoms with Gasteiger partial charge >= 0.3 is 5.97 Å². The predicted octanol–water partition coefficient (Wildman–Crippen LogP) is 4.95. The molecule has 0 aliphatic carbocycles. The van der Waals surface area contributed by atoms with E-state index >= 15 is 0 Å². The number of likely N-dealkylation sites (tertiary alicyclic amines) is 1. The summed E-state index contributed by atoms with van der Waals surface area (Å²) >= 11 is 1.70. The summed E-state index contributed by atoms with van der Waals surface area (Å²) in [5.41, 5.74) is 2.16. The van der Waals surface area contributed by atoms with Crippen molar-refractivity contribution in [2.45, 2.75) is 31.3 Å². The third-order valence-corrected chi connectivity index (χ3v) is 6.67. The van der Waals surface area contributed by atoms with Crippen LogP contribution in [0, 0.1) is 0 Å². The Hall–Kier alpha value is -2.57. The van der Waals surface area contributed by atoms with Crippen molar-refractivity contribution in [2.24, 2.45) is 0 Å². The molecule has 1 fully saturated rings. The number of fused-ring (bicyclic) bond motifs is 1. The van der Waals surface area contributed by atoms with E-state index in [-0.39, 0.29) is 6.04 Å². The van der Waals surface area contributed by atoms with Crippen LogP contribution in [0.3, 0.4) is 0 Å². The predicted molar refractivity (Wildman–Crippen MR) is 115 cm³/mol. The smallest absolute Gasteiger partial charge is 0.320 e. The monoisotopic (exact) mass is 411 g/mol. The minimum absolute atomic E-state index is 0.160. The number of benzene rings is 2. The van der Waals surface area contributed by atoms with Gasteiger partial charge in [0.05, 0.1) is 20.3 Å². The second kappa shape index (κ2) is 8.43. The average molecular weight is 412 g/mol. The van der Waals surface area contributed by atoms with E-state index in [0.717, 1.165) is 30.5 Å². The fourth-order valence-corrected chi connectivity index (χ4v) is 5.29. The highest BCUT2D eigenvalue weighted by Gasteiger charge is 2.36. The highest BCUT2D eigenvalue weighted by atomic mass is 32.1. The van der Waals surface area contributed by atoms with Crippen molar-refractivity contribution >= 4 is 27.4 Å². The van der Waals surface area contributed by atoms with Crippen LogP contribution in [0.2, 0.25) is 0 Å². The number of rotatable bonds is 6. The summed E-state index contributed by atoms with van der Waals surface area (Å²) in [4.78, 5) is 14.2. The molecule has 1 aromatic heterocycles. The normalized spacial score (nSPS) is 18.5. The molecule has 1 N–H and O–H groups in total. The summed E-state index contributed by atoms with van der Waals surface area (Å²) in [5.74, 6) is 0.562. The van der Waals surface area contributed by atoms with Crippen LogP contribution in [0.5, 0.6) is 11.5 Å². The van der Waals surface area contributed by atoms with Crippen molar-refractivity contribution in [3.63, 3.8) is 0 Å². The Bertz CT molecular complexity index is 1020. The second-order valence-electron chi connectivity index (χ2n) is 7.29. The number of aliphatic carboxylic acids is 1. The van der Waals surface area contributed by atoms with Crippen LogP contribution >= 0.6 is 11.3 Å². The van der Waals surface area contributed by atoms with Crippen LogP contribution < -0.4 is 9.47 Å². The number of piperidine rings is 1. The van der Waals surface area contributed by atoms with Crippen molar-refractivity contribution in [1.29, 1.82) is 0 Å². The fourth-order valence-electron chi connectivity index (χ4n) is 4.31. The molecule has 1 aliphatic heterocycles. The summed E-state index contributed by atoms with van der Waals surface area (Å²) in [6.07, 6.45) is 2.60. The fraction of sp³-hybridized carbons (Fsp3) is 0.348. The lowest BCUT2D eigenvalue weighted by Crippen LogP contribution is -2.46. The number of thiophene rings is 1. The number of carboxylic acids is 1. The first-order valence-electron chi connectivity index (χ1n) is 9.80. The van der Waals surface area contributed by atoms with Crippen LogP contribution in [-0.2, 0) is 4.79 Å². The Kier molecular flexibility index (Phi) is 5.74. The van der Waals surface area contributed by atoms with Crippen molar-refractivity contribution in [3.8, 4) is 11.5 Å². The molecule has 1 saturated heterocycles. The lowest BCUT2D eigenvalue weighted by molar-refractivity contribution is -0.145. The summed E-state index contributed by atoms with van der Waals surface area (Å²) in [7, 11) is 3.24. The molecule has 5 nitrogen and oxygen atoms in total. The zero-order valence-electron chi connectivity index (χ0n) is 16.6. The molecule has 2 heterocycles. The maximum Gasteiger partial charge on any atom is 0.320 e. The van der Waals surface area contributed by atoms with Crippen molar-refractivity contribution in [2.75, 3.05) is 20.8 Å². The van der Waals surface area contributed by atoms with Crippen molar-refractivity contribution in [3.05, 3.63) is 59.0 Å². The van der Waals surface area contributed by atoms with Crippen LogP contribution in [0.25, 0.3) is 10.1 Å². The maximum absolute atomic E-state index is 12.1. The highest BCUT2D eigenvalue weighted by molar-refractivity contribution is 7.17. The topological polar surface area (TPSA) is 59.0 Å². The van der Waals surface area contributed by atoms with Gasteiger partial charge in [0.25, 0.3) is 0 Å². The summed E-state index contributed by atoms with van der Waals surface area (Å²) in [6.45, 7) is 0.750. The first kappa shape index (κ1) is 19.7. The van der Waals surface area contributed by atoms with E-state index in [9.17, 15) is 9.90 Å². The van der Waals surface area contributed by atoms with E-state index < -0.39 is 12.0 Å². The molecule has 3 aromatic rings. The third-order valence-electron chi connectivity index (χ3n) is 5.69. The quantitative estimate of drug-likeness (QED) is 0.622. The molecule has 2 unspecified atom stereocenters. The molecular formula is C23H25NO4S. The number of carboxylic acid groups (broad SMARTS) is 1. The molecular weight excluding hydrogens is 386 g/mol. The van der Waals surface area contributed by atoms with Gasteiger partial charge in [0.2, 0.25) is 0 Å². The number of carbonyl (C=O) groups is 1. The van der Waals surface area contributed by atoms with E-state index in [1.165, 1.54) is 10.1 Å². The number of hydrogen-bond donors (Lipinski definition) is 1. The lowest BCUT2D eigenvalue weighted by Gasteiger charge is -2.39. The minimum atomic E-state index is -0.755. The molecule has 29 heavy (non-hydrogen) atoms. The van der Waals surface area contributed by atoms with Crippen LogP contribution in [0.15, 0.2) is 47.8 Å². The maximum atomic E-state index is 12.1. The van der Waals surface area contributed by atoms with E-state index in [1.54, 1.807) is 25.6 Å². The molecule has 6 heteroatoms. The average Bonchev–Trinajstić information content (AvgIpc) is 3.18. The van der Waals surface area contributed by atoms with E-state index in [0.29, 0.717) is 17.9 Å². The standard InChI is InChI=1S/C23H25NO4S/c1-27-19-11-10-15(13-20(19)28-2)22(24-12-6-5-8-18(24)23(25)26)17-14-29-21-9-4-3-7-16(17)21/h3-4,7,9-11,13-14,18,22H,5-6,8,12H2,1-2H3,(H,25,26). The molecule has 0 amide bonds. The van der Waals surface area contributed by atoms with Crippen molar-refractivity contribution in [1.82, 2.24) is 4.90 Å². The zero-order chi connectivity index (χ0) is 20.4. The SMILES string of the molecule is COc1ccc(C(c2csc3ccccc23)N2CCCCC2C(=O)O)cc1OC. The number of methoxy groups -OCH3 is 2. The summed E-state index contributed by atoms with van der Waals surface area (Å²) < 4.78 is 12.1. The Morgan fingerprint density at radius 3 is 2.69 bits per heavy atom. The third kappa shape index (κ3) is 3.70. The van der Waals surface area contributed by atoms with Crippen LogP contribution in [0.1, 0.15) is 36.4 Å². The molecule has 0 saturated carbocycles. The molecule has 0 bridgehead atoms. The molecule has 2 aromatic carbocycles. The largest absolute Gasteiger partial charge is 0.493 e. The van der Waals surface area contributed by atoms with Crippen LogP contribution in [-0.4, -0.2) is 42.8 Å².